The zero-order valence-corrected chi connectivity index (χ0v) is 22.6. The number of benzene rings is 8. The molecule has 0 aliphatic heterocycles. The first-order chi connectivity index (χ1) is 25.9. The van der Waals surface area contributed by atoms with Gasteiger partial charge in [0.05, 0.1) is 15.1 Å². The maximum Gasteiger partial charge on any atom is 0.136 e. The maximum absolute atomic E-state index is 9.39. The van der Waals surface area contributed by atoms with Gasteiger partial charge in [-0.15, -0.1) is 0 Å². The van der Waals surface area contributed by atoms with Crippen molar-refractivity contribution in [2.24, 2.45) is 0 Å². The molecule has 0 bridgehead atoms. The van der Waals surface area contributed by atoms with Crippen LogP contribution in [0.15, 0.2) is 162 Å². The van der Waals surface area contributed by atoms with Gasteiger partial charge in [-0.1, -0.05) is 139 Å². The molecule has 0 saturated carbocycles. The van der Waals surface area contributed by atoms with Crippen LogP contribution in [0.4, 0.5) is 0 Å². The van der Waals surface area contributed by atoms with Gasteiger partial charge in [-0.2, -0.15) is 0 Å². The highest BCUT2D eigenvalue weighted by atomic mass is 16.3. The summed E-state index contributed by atoms with van der Waals surface area (Å²) in [5.41, 5.74) is 2.53. The SMILES string of the molecule is [2H]c1c([2H])c(-c2c3c([2H])c([2H])c([2H])c([2H])c3c(-c3cccc(-c4cccc5ccccc45)c3)c3c([2H])c([2H])c([2H])c([2H])c23)c2c(oc3ccccc32)c1[2H]. The van der Waals surface area contributed by atoms with E-state index >= 15 is 0 Å². The summed E-state index contributed by atoms with van der Waals surface area (Å²) < 4.78 is 106. The molecule has 0 radical (unpaired) electrons. The van der Waals surface area contributed by atoms with E-state index < -0.39 is 60.4 Å². The van der Waals surface area contributed by atoms with Crippen LogP contribution in [-0.4, -0.2) is 0 Å². The third-order valence-electron chi connectivity index (χ3n) is 8.09. The topological polar surface area (TPSA) is 13.1 Å². The average molecular weight is 558 g/mol. The zero-order valence-electron chi connectivity index (χ0n) is 33.6. The molecule has 1 aromatic heterocycles. The lowest BCUT2D eigenvalue weighted by Gasteiger charge is -2.19. The van der Waals surface area contributed by atoms with Crippen molar-refractivity contribution in [3.05, 3.63) is 157 Å². The molecule has 0 aliphatic carbocycles. The molecule has 9 rings (SSSR count). The molecule has 0 aliphatic rings. The molecule has 0 amide bonds. The number of fused-ring (bicyclic) bond motifs is 6. The molecule has 0 spiro atoms. The molecule has 0 saturated heterocycles. The summed E-state index contributed by atoms with van der Waals surface area (Å²) in [7, 11) is 0. The molecule has 0 atom stereocenters. The summed E-state index contributed by atoms with van der Waals surface area (Å²) in [6.07, 6.45) is 0. The van der Waals surface area contributed by atoms with E-state index in [4.69, 9.17) is 12.6 Å². The van der Waals surface area contributed by atoms with Crippen LogP contribution in [0.3, 0.4) is 0 Å². The Hall–Kier alpha value is -5.66. The van der Waals surface area contributed by atoms with Crippen LogP contribution in [-0.2, 0) is 0 Å². The summed E-state index contributed by atoms with van der Waals surface area (Å²) in [5.74, 6) is 0. The van der Waals surface area contributed by atoms with Crippen LogP contribution >= 0.6 is 0 Å². The molecular weight excluding hydrogens is 520 g/mol. The Bertz CT molecular complexity index is 3040. The third kappa shape index (κ3) is 3.65. The normalized spacial score (nSPS) is 15.3. The van der Waals surface area contributed by atoms with Crippen LogP contribution in [0, 0.1) is 0 Å². The fourth-order valence-electron chi connectivity index (χ4n) is 6.27. The van der Waals surface area contributed by atoms with Gasteiger partial charge >= 0.3 is 0 Å². The molecule has 200 valence electrons. The number of furan rings is 1. The summed E-state index contributed by atoms with van der Waals surface area (Å²) >= 11 is 0. The first kappa shape index (κ1) is 15.5. The summed E-state index contributed by atoms with van der Waals surface area (Å²) in [6.45, 7) is 0. The van der Waals surface area contributed by atoms with Crippen LogP contribution in [0.25, 0.3) is 87.6 Å². The van der Waals surface area contributed by atoms with Gasteiger partial charge in [-0.25, -0.2) is 0 Å². The van der Waals surface area contributed by atoms with Crippen molar-refractivity contribution in [2.45, 2.75) is 0 Å². The lowest BCUT2D eigenvalue weighted by molar-refractivity contribution is 0.669. The Morgan fingerprint density at radius 3 is 1.84 bits per heavy atom. The standard InChI is InChI=1S/C42H26O/c1-2-16-30-27(12-1)13-10-22-31(30)28-14-9-15-29(26-28)40-32-17-3-5-19-34(32)41(35-20-6-4-18-33(35)40)37-23-11-25-39-42(37)36-21-7-8-24-38(36)43-39/h1-26H/i3D,4D,5D,6D,11D,17D,18D,19D,20D,23D,25D. The average Bonchev–Trinajstić information content (AvgIpc) is 3.58. The monoisotopic (exact) mass is 557 g/mol. The molecule has 8 aromatic carbocycles. The number of rotatable bonds is 3. The predicted octanol–water partition coefficient (Wildman–Crippen LogP) is 12.0. The van der Waals surface area contributed by atoms with E-state index in [0.717, 1.165) is 21.9 Å². The summed E-state index contributed by atoms with van der Waals surface area (Å²) in [6, 6.07) is 22.6. The molecule has 43 heavy (non-hydrogen) atoms. The first-order valence-electron chi connectivity index (χ1n) is 19.4. The van der Waals surface area contributed by atoms with Crippen molar-refractivity contribution >= 4 is 54.3 Å². The van der Waals surface area contributed by atoms with Gasteiger partial charge in [0.15, 0.2) is 0 Å². The van der Waals surface area contributed by atoms with E-state index in [1.54, 1.807) is 36.4 Å². The van der Waals surface area contributed by atoms with Crippen molar-refractivity contribution in [2.75, 3.05) is 0 Å². The third-order valence-corrected chi connectivity index (χ3v) is 8.09. The highest BCUT2D eigenvalue weighted by Crippen LogP contribution is 2.47. The predicted molar refractivity (Wildman–Crippen MR) is 183 cm³/mol. The Morgan fingerprint density at radius 2 is 1.05 bits per heavy atom. The minimum absolute atomic E-state index is 0.00886. The van der Waals surface area contributed by atoms with Gasteiger partial charge in [0, 0.05) is 10.8 Å². The summed E-state index contributed by atoms with van der Waals surface area (Å²) in [5, 5.41) is 2.51. The fraction of sp³-hybridized carbons (Fsp3) is 0. The van der Waals surface area contributed by atoms with E-state index in [0.29, 0.717) is 16.5 Å². The van der Waals surface area contributed by atoms with Gasteiger partial charge in [-0.05, 0) is 83.9 Å². The highest BCUT2D eigenvalue weighted by molar-refractivity contribution is 6.25. The second kappa shape index (κ2) is 9.44. The Balaban J connectivity index is 1.56. The van der Waals surface area contributed by atoms with Gasteiger partial charge < -0.3 is 4.42 Å². The van der Waals surface area contributed by atoms with Crippen LogP contribution in [0.1, 0.15) is 15.1 Å². The second-order valence-corrected chi connectivity index (χ2v) is 10.4. The largest absolute Gasteiger partial charge is 0.456 e. The van der Waals surface area contributed by atoms with Gasteiger partial charge in [0.2, 0.25) is 0 Å². The highest BCUT2D eigenvalue weighted by Gasteiger charge is 2.20. The van der Waals surface area contributed by atoms with Crippen molar-refractivity contribution in [1.82, 2.24) is 0 Å². The second-order valence-electron chi connectivity index (χ2n) is 10.4. The summed E-state index contributed by atoms with van der Waals surface area (Å²) in [4.78, 5) is 0. The Morgan fingerprint density at radius 1 is 0.419 bits per heavy atom. The van der Waals surface area contributed by atoms with Crippen molar-refractivity contribution < 1.29 is 19.5 Å². The van der Waals surface area contributed by atoms with Crippen LogP contribution in [0.2, 0.25) is 0 Å². The number of para-hydroxylation sites is 1. The van der Waals surface area contributed by atoms with E-state index in [2.05, 4.69) is 0 Å². The first-order valence-corrected chi connectivity index (χ1v) is 13.9. The van der Waals surface area contributed by atoms with E-state index in [9.17, 15) is 6.85 Å². The smallest absolute Gasteiger partial charge is 0.136 e. The molecule has 0 fully saturated rings. The minimum Gasteiger partial charge on any atom is -0.456 e. The maximum atomic E-state index is 9.39. The van der Waals surface area contributed by atoms with Crippen molar-refractivity contribution in [3.8, 4) is 33.4 Å². The lowest BCUT2D eigenvalue weighted by atomic mass is 9.84. The van der Waals surface area contributed by atoms with Crippen LogP contribution in [0.5, 0.6) is 0 Å². The van der Waals surface area contributed by atoms with E-state index in [-0.39, 0.29) is 55.2 Å². The van der Waals surface area contributed by atoms with Gasteiger partial charge in [0.1, 0.15) is 11.2 Å². The van der Waals surface area contributed by atoms with Crippen LogP contribution < -0.4 is 0 Å². The molecular formula is C42H26O. The number of hydrogen-bond donors (Lipinski definition) is 0. The Labute approximate surface area is 264 Å². The molecule has 1 heteroatoms. The van der Waals surface area contributed by atoms with Gasteiger partial charge in [0.25, 0.3) is 0 Å². The van der Waals surface area contributed by atoms with Crippen molar-refractivity contribution in [1.29, 1.82) is 0 Å². The fourth-order valence-corrected chi connectivity index (χ4v) is 6.27. The Kier molecular flexibility index (Phi) is 3.41. The molecule has 9 aromatic rings. The van der Waals surface area contributed by atoms with E-state index in [1.807, 2.05) is 54.6 Å². The van der Waals surface area contributed by atoms with Crippen molar-refractivity contribution in [3.63, 3.8) is 0 Å². The molecule has 0 N–H and O–H groups in total. The number of hydrogen-bond acceptors (Lipinski definition) is 1. The molecule has 1 nitrogen and oxygen atoms in total. The minimum atomic E-state index is -0.576. The van der Waals surface area contributed by atoms with E-state index in [1.165, 1.54) is 0 Å². The van der Waals surface area contributed by atoms with Gasteiger partial charge in [-0.3, -0.25) is 0 Å². The molecule has 1 heterocycles. The zero-order chi connectivity index (χ0) is 37.9. The molecule has 0 unspecified atom stereocenters. The quantitative estimate of drug-likeness (QED) is 0.197. The lowest BCUT2D eigenvalue weighted by Crippen LogP contribution is -1.91.